The Morgan fingerprint density at radius 3 is 2.57 bits per heavy atom. The summed E-state index contributed by atoms with van der Waals surface area (Å²) in [6, 6.07) is 16.6. The van der Waals surface area contributed by atoms with Crippen molar-refractivity contribution in [3.63, 3.8) is 0 Å². The molecule has 0 saturated carbocycles. The fourth-order valence-electron chi connectivity index (χ4n) is 2.90. The molecule has 140 valence electrons. The van der Waals surface area contributed by atoms with Crippen LogP contribution in [-0.2, 0) is 17.9 Å². The van der Waals surface area contributed by atoms with Gasteiger partial charge in [0.2, 0.25) is 5.91 Å². The van der Waals surface area contributed by atoms with Crippen LogP contribution in [0, 0.1) is 6.92 Å². The summed E-state index contributed by atoms with van der Waals surface area (Å²) in [6.07, 6.45) is 0. The Morgan fingerprint density at radius 1 is 1.07 bits per heavy atom. The number of hydrogen-bond acceptors (Lipinski definition) is 6. The summed E-state index contributed by atoms with van der Waals surface area (Å²) in [4.78, 5) is 29.1. The van der Waals surface area contributed by atoms with E-state index in [1.54, 1.807) is 19.1 Å². The highest BCUT2D eigenvalue weighted by atomic mass is 16.5. The Balaban J connectivity index is 1.44. The maximum Gasteiger partial charge on any atom is 0.275 e. The topological polar surface area (TPSA) is 103 Å². The molecule has 8 nitrogen and oxygen atoms in total. The third-order valence-corrected chi connectivity index (χ3v) is 4.28. The molecule has 0 aliphatic carbocycles. The fraction of sp³-hybridized carbons (Fsp3) is 0.150. The van der Waals surface area contributed by atoms with Crippen LogP contribution >= 0.6 is 0 Å². The van der Waals surface area contributed by atoms with Gasteiger partial charge in [-0.15, -0.1) is 0 Å². The molecule has 0 bridgehead atoms. The summed E-state index contributed by atoms with van der Waals surface area (Å²) in [5.41, 5.74) is 1.19. The van der Waals surface area contributed by atoms with E-state index in [0.717, 1.165) is 10.9 Å². The predicted octanol–water partition coefficient (Wildman–Crippen LogP) is 2.07. The van der Waals surface area contributed by atoms with Crippen LogP contribution in [0.3, 0.4) is 0 Å². The molecule has 2 aromatic carbocycles. The standard InChI is InChI=1S/C20H17N5O3/c1-13-15-9-5-6-10-16(15)20(27)25(23-13)12-18(26)21-11-17-22-19(28-24-17)14-7-3-2-4-8-14/h2-10H,11-12H2,1H3,(H,21,26). The third kappa shape index (κ3) is 3.52. The molecule has 1 amide bonds. The van der Waals surface area contributed by atoms with Crippen molar-refractivity contribution >= 4 is 16.7 Å². The highest BCUT2D eigenvalue weighted by Crippen LogP contribution is 2.16. The van der Waals surface area contributed by atoms with Crippen LogP contribution in [0.4, 0.5) is 0 Å². The average molecular weight is 375 g/mol. The van der Waals surface area contributed by atoms with Crippen molar-refractivity contribution in [2.45, 2.75) is 20.0 Å². The van der Waals surface area contributed by atoms with Gasteiger partial charge in [-0.25, -0.2) is 4.68 Å². The summed E-state index contributed by atoms with van der Waals surface area (Å²) in [5, 5.41) is 12.1. The molecule has 8 heteroatoms. The van der Waals surface area contributed by atoms with Gasteiger partial charge in [-0.1, -0.05) is 41.6 Å². The SMILES string of the molecule is Cc1nn(CC(=O)NCc2noc(-c3ccccc3)n2)c(=O)c2ccccc12. The van der Waals surface area contributed by atoms with Gasteiger partial charge in [0.15, 0.2) is 5.82 Å². The lowest BCUT2D eigenvalue weighted by atomic mass is 10.1. The number of benzene rings is 2. The van der Waals surface area contributed by atoms with Crippen LogP contribution in [-0.4, -0.2) is 25.8 Å². The Kier molecular flexibility index (Phi) is 4.67. The van der Waals surface area contributed by atoms with Gasteiger partial charge < -0.3 is 9.84 Å². The van der Waals surface area contributed by atoms with E-state index in [1.807, 2.05) is 42.5 Å². The number of aromatic nitrogens is 4. The highest BCUT2D eigenvalue weighted by Gasteiger charge is 2.13. The molecule has 2 heterocycles. The van der Waals surface area contributed by atoms with E-state index in [2.05, 4.69) is 20.6 Å². The normalized spacial score (nSPS) is 10.9. The van der Waals surface area contributed by atoms with Gasteiger partial charge in [0.1, 0.15) is 6.54 Å². The van der Waals surface area contributed by atoms with Crippen LogP contribution in [0.1, 0.15) is 11.5 Å². The molecular formula is C20H17N5O3. The number of fused-ring (bicyclic) bond motifs is 1. The first-order valence-corrected chi connectivity index (χ1v) is 8.73. The molecule has 1 N–H and O–H groups in total. The van der Waals surface area contributed by atoms with Gasteiger partial charge in [-0.2, -0.15) is 10.1 Å². The quantitative estimate of drug-likeness (QED) is 0.573. The van der Waals surface area contributed by atoms with Crippen molar-refractivity contribution in [3.8, 4) is 11.5 Å². The Morgan fingerprint density at radius 2 is 1.79 bits per heavy atom. The van der Waals surface area contributed by atoms with Gasteiger partial charge >= 0.3 is 0 Å². The molecule has 0 aliphatic heterocycles. The summed E-state index contributed by atoms with van der Waals surface area (Å²) >= 11 is 0. The number of nitrogens with one attached hydrogen (secondary N) is 1. The number of carbonyl (C=O) groups excluding carboxylic acids is 1. The van der Waals surface area contributed by atoms with Crippen LogP contribution in [0.2, 0.25) is 0 Å². The molecule has 2 aromatic heterocycles. The number of rotatable bonds is 5. The minimum atomic E-state index is -0.365. The van der Waals surface area contributed by atoms with E-state index < -0.39 is 0 Å². The molecule has 0 atom stereocenters. The minimum Gasteiger partial charge on any atom is -0.347 e. The summed E-state index contributed by atoms with van der Waals surface area (Å²) < 4.78 is 6.37. The summed E-state index contributed by atoms with van der Waals surface area (Å²) in [6.45, 7) is 1.71. The van der Waals surface area contributed by atoms with E-state index in [1.165, 1.54) is 4.68 Å². The first-order valence-electron chi connectivity index (χ1n) is 8.73. The van der Waals surface area contributed by atoms with Gasteiger partial charge in [0.25, 0.3) is 11.4 Å². The Labute approximate surface area is 159 Å². The second-order valence-electron chi connectivity index (χ2n) is 6.25. The predicted molar refractivity (Wildman–Crippen MR) is 102 cm³/mol. The number of nitrogens with zero attached hydrogens (tertiary/aromatic N) is 4. The summed E-state index contributed by atoms with van der Waals surface area (Å²) in [7, 11) is 0. The van der Waals surface area contributed by atoms with Crippen molar-refractivity contribution in [1.29, 1.82) is 0 Å². The maximum absolute atomic E-state index is 12.5. The zero-order valence-electron chi connectivity index (χ0n) is 15.1. The lowest BCUT2D eigenvalue weighted by molar-refractivity contribution is -0.122. The largest absolute Gasteiger partial charge is 0.347 e. The molecule has 0 aliphatic rings. The molecule has 0 spiro atoms. The van der Waals surface area contributed by atoms with Crippen molar-refractivity contribution < 1.29 is 9.32 Å². The van der Waals surface area contributed by atoms with E-state index in [0.29, 0.717) is 22.8 Å². The Hall–Kier alpha value is -3.81. The van der Waals surface area contributed by atoms with Gasteiger partial charge in [0.05, 0.1) is 17.6 Å². The number of hydrogen-bond donors (Lipinski definition) is 1. The lowest BCUT2D eigenvalue weighted by Crippen LogP contribution is -2.34. The first kappa shape index (κ1) is 17.6. The molecule has 0 saturated heterocycles. The molecule has 4 aromatic rings. The van der Waals surface area contributed by atoms with E-state index in [-0.39, 0.29) is 24.6 Å². The van der Waals surface area contributed by atoms with E-state index in [4.69, 9.17) is 4.52 Å². The second-order valence-corrected chi connectivity index (χ2v) is 6.25. The molecule has 4 rings (SSSR count). The number of amides is 1. The van der Waals surface area contributed by atoms with Crippen molar-refractivity contribution in [3.05, 3.63) is 76.5 Å². The lowest BCUT2D eigenvalue weighted by Gasteiger charge is -2.08. The minimum absolute atomic E-state index is 0.0937. The van der Waals surface area contributed by atoms with Crippen molar-refractivity contribution in [2.24, 2.45) is 0 Å². The molecule has 0 fully saturated rings. The highest BCUT2D eigenvalue weighted by molar-refractivity contribution is 5.83. The van der Waals surface area contributed by atoms with Crippen molar-refractivity contribution in [2.75, 3.05) is 0 Å². The van der Waals surface area contributed by atoms with Gasteiger partial charge in [-0.05, 0) is 25.1 Å². The van der Waals surface area contributed by atoms with Crippen LogP contribution in [0.25, 0.3) is 22.2 Å². The zero-order chi connectivity index (χ0) is 19.5. The summed E-state index contributed by atoms with van der Waals surface area (Å²) in [5.74, 6) is 0.366. The van der Waals surface area contributed by atoms with Crippen LogP contribution < -0.4 is 10.9 Å². The van der Waals surface area contributed by atoms with E-state index >= 15 is 0 Å². The van der Waals surface area contributed by atoms with Gasteiger partial charge in [0, 0.05) is 10.9 Å². The molecular weight excluding hydrogens is 358 g/mol. The molecule has 0 unspecified atom stereocenters. The first-order chi connectivity index (χ1) is 13.6. The zero-order valence-corrected chi connectivity index (χ0v) is 15.1. The molecule has 28 heavy (non-hydrogen) atoms. The second kappa shape index (κ2) is 7.43. The Bertz CT molecular complexity index is 1200. The van der Waals surface area contributed by atoms with E-state index in [9.17, 15) is 9.59 Å². The van der Waals surface area contributed by atoms with Gasteiger partial charge in [-0.3, -0.25) is 9.59 Å². The fourth-order valence-corrected chi connectivity index (χ4v) is 2.90. The van der Waals surface area contributed by atoms with Crippen molar-refractivity contribution in [1.82, 2.24) is 25.2 Å². The maximum atomic E-state index is 12.5. The van der Waals surface area contributed by atoms with Crippen LogP contribution in [0.15, 0.2) is 63.9 Å². The third-order valence-electron chi connectivity index (χ3n) is 4.28. The number of aryl methyl sites for hydroxylation is 1. The molecule has 0 radical (unpaired) electrons. The monoisotopic (exact) mass is 375 g/mol. The number of carbonyl (C=O) groups is 1. The average Bonchev–Trinajstić information content (AvgIpc) is 3.20. The van der Waals surface area contributed by atoms with Crippen LogP contribution in [0.5, 0.6) is 0 Å². The smallest absolute Gasteiger partial charge is 0.275 e.